The molecule has 3 aliphatic rings. The number of nitrogens with zero attached hydrogens (tertiary/aromatic N) is 2. The van der Waals surface area contributed by atoms with E-state index in [1.165, 1.54) is 30.7 Å². The lowest BCUT2D eigenvalue weighted by Crippen LogP contribution is -2.43. The first-order valence-corrected chi connectivity index (χ1v) is 8.94. The summed E-state index contributed by atoms with van der Waals surface area (Å²) < 4.78 is 2.34. The lowest BCUT2D eigenvalue weighted by atomic mass is 9.99. The number of carboxylic acid groups (broad SMARTS) is 1. The van der Waals surface area contributed by atoms with Gasteiger partial charge in [0.15, 0.2) is 0 Å². The Balaban J connectivity index is 0.000000490. The van der Waals surface area contributed by atoms with Gasteiger partial charge < -0.3 is 19.9 Å². The van der Waals surface area contributed by atoms with Crippen molar-refractivity contribution in [1.82, 2.24) is 14.8 Å². The van der Waals surface area contributed by atoms with E-state index in [1.807, 2.05) is 6.07 Å². The highest BCUT2D eigenvalue weighted by molar-refractivity contribution is 6.08. The van der Waals surface area contributed by atoms with E-state index in [2.05, 4.69) is 33.0 Å². The molecule has 0 spiro atoms. The second-order valence-corrected chi connectivity index (χ2v) is 7.09. The number of nitrogens with one attached hydrogen (secondary N) is 1. The lowest BCUT2D eigenvalue weighted by Gasteiger charge is -2.23. The van der Waals surface area contributed by atoms with Crippen molar-refractivity contribution >= 4 is 23.3 Å². The fourth-order valence-electron chi connectivity index (χ4n) is 4.72. The van der Waals surface area contributed by atoms with Crippen molar-refractivity contribution in [3.8, 4) is 0 Å². The average Bonchev–Trinajstić information content (AvgIpc) is 3.36. The Hall–Kier alpha value is -2.34. The van der Waals surface area contributed by atoms with Crippen molar-refractivity contribution in [2.45, 2.75) is 31.8 Å². The highest BCUT2D eigenvalue weighted by Crippen LogP contribution is 2.32. The molecule has 1 aromatic heterocycles. The molecule has 4 heterocycles. The zero-order valence-corrected chi connectivity index (χ0v) is 14.1. The number of carbonyl (C=O) groups excluding carboxylic acids is 1. The summed E-state index contributed by atoms with van der Waals surface area (Å²) in [7, 11) is 0. The minimum absolute atomic E-state index is 0.144. The van der Waals surface area contributed by atoms with E-state index >= 15 is 0 Å². The zero-order chi connectivity index (χ0) is 17.4. The predicted molar refractivity (Wildman–Crippen MR) is 94.8 cm³/mol. The maximum atomic E-state index is 13.0. The molecule has 1 aromatic carbocycles. The molecule has 0 aliphatic carbocycles. The van der Waals surface area contributed by atoms with Gasteiger partial charge in [-0.05, 0) is 37.8 Å². The molecule has 5 rings (SSSR count). The van der Waals surface area contributed by atoms with E-state index in [-0.39, 0.29) is 12.4 Å². The highest BCUT2D eigenvalue weighted by Gasteiger charge is 2.39. The van der Waals surface area contributed by atoms with Gasteiger partial charge in [0.05, 0.1) is 5.56 Å². The van der Waals surface area contributed by atoms with Crippen LogP contribution in [0.1, 0.15) is 28.9 Å². The van der Waals surface area contributed by atoms with E-state index < -0.39 is 0 Å². The van der Waals surface area contributed by atoms with Gasteiger partial charge in [-0.2, -0.15) is 0 Å². The molecule has 6 nitrogen and oxygen atoms in total. The van der Waals surface area contributed by atoms with Crippen molar-refractivity contribution in [3.05, 3.63) is 35.5 Å². The highest BCUT2D eigenvalue weighted by atomic mass is 16.3. The van der Waals surface area contributed by atoms with Crippen LogP contribution in [0.15, 0.2) is 24.3 Å². The van der Waals surface area contributed by atoms with Crippen molar-refractivity contribution in [2.24, 2.45) is 5.92 Å². The van der Waals surface area contributed by atoms with Gasteiger partial charge in [0.1, 0.15) is 0 Å². The number of carbonyl (C=O) groups is 2. The maximum absolute atomic E-state index is 13.0. The number of hydrogen-bond donors (Lipinski definition) is 2. The van der Waals surface area contributed by atoms with Gasteiger partial charge >= 0.3 is 0 Å². The number of fused-ring (bicyclic) bond motifs is 5. The normalized spacial score (nSPS) is 26.2. The van der Waals surface area contributed by atoms with E-state index in [0.717, 1.165) is 36.9 Å². The summed E-state index contributed by atoms with van der Waals surface area (Å²) in [5, 5.41) is 11.4. The summed E-state index contributed by atoms with van der Waals surface area (Å²) in [5.74, 6) is 0.802. The van der Waals surface area contributed by atoms with Crippen LogP contribution in [-0.4, -0.2) is 52.6 Å². The molecular formula is C19H23N3O3. The van der Waals surface area contributed by atoms with Crippen LogP contribution in [0.2, 0.25) is 0 Å². The monoisotopic (exact) mass is 341 g/mol. The van der Waals surface area contributed by atoms with Gasteiger partial charge in [0.2, 0.25) is 0 Å². The van der Waals surface area contributed by atoms with Crippen molar-refractivity contribution in [1.29, 1.82) is 0 Å². The Morgan fingerprint density at radius 3 is 2.76 bits per heavy atom. The van der Waals surface area contributed by atoms with Crippen LogP contribution in [0.3, 0.4) is 0 Å². The molecule has 1 unspecified atom stereocenters. The molecule has 0 radical (unpaired) electrons. The fraction of sp³-hybridized carbons (Fsp3) is 0.474. The minimum atomic E-state index is -0.250. The van der Waals surface area contributed by atoms with Gasteiger partial charge in [0, 0.05) is 42.3 Å². The van der Waals surface area contributed by atoms with E-state index in [0.29, 0.717) is 12.0 Å². The van der Waals surface area contributed by atoms with Crippen LogP contribution in [0.25, 0.3) is 10.9 Å². The Kier molecular flexibility index (Phi) is 4.21. The second-order valence-electron chi connectivity index (χ2n) is 7.09. The number of hydrogen-bond acceptors (Lipinski definition) is 3. The lowest BCUT2D eigenvalue weighted by molar-refractivity contribution is -0.122. The second kappa shape index (κ2) is 6.52. The molecule has 2 saturated heterocycles. The van der Waals surface area contributed by atoms with E-state index in [4.69, 9.17) is 9.90 Å². The average molecular weight is 341 g/mol. The summed E-state index contributed by atoms with van der Waals surface area (Å²) in [6.07, 6.45) is 3.41. The number of benzene rings is 1. The third kappa shape index (κ3) is 2.70. The number of aryl methyl sites for hydroxylation is 1. The number of piperidine rings is 1. The number of amides is 1. The predicted octanol–water partition coefficient (Wildman–Crippen LogP) is 1.72. The van der Waals surface area contributed by atoms with Crippen molar-refractivity contribution < 1.29 is 14.7 Å². The van der Waals surface area contributed by atoms with Crippen LogP contribution >= 0.6 is 0 Å². The van der Waals surface area contributed by atoms with Gasteiger partial charge in [0.25, 0.3) is 12.4 Å². The smallest absolute Gasteiger partial charge is 0.290 e. The molecular weight excluding hydrogens is 318 g/mol. The molecule has 25 heavy (non-hydrogen) atoms. The molecule has 0 saturated carbocycles. The first-order chi connectivity index (χ1) is 12.2. The Morgan fingerprint density at radius 2 is 2.04 bits per heavy atom. The van der Waals surface area contributed by atoms with E-state index in [1.54, 1.807) is 0 Å². The number of rotatable bonds is 2. The Morgan fingerprint density at radius 1 is 1.24 bits per heavy atom. The summed E-state index contributed by atoms with van der Waals surface area (Å²) in [6.45, 7) is 4.20. The number of para-hydroxylation sites is 1. The molecule has 3 aliphatic heterocycles. The molecule has 1 amide bonds. The van der Waals surface area contributed by atoms with Gasteiger partial charge in [-0.3, -0.25) is 9.59 Å². The van der Waals surface area contributed by atoms with Gasteiger partial charge in [-0.1, -0.05) is 18.2 Å². The molecule has 132 valence electrons. The van der Waals surface area contributed by atoms with Gasteiger partial charge in [-0.25, -0.2) is 0 Å². The van der Waals surface area contributed by atoms with Crippen LogP contribution in [0, 0.1) is 5.92 Å². The van der Waals surface area contributed by atoms with Crippen LogP contribution in [0.4, 0.5) is 0 Å². The summed E-state index contributed by atoms with van der Waals surface area (Å²) in [5.41, 5.74) is 3.39. The summed E-state index contributed by atoms with van der Waals surface area (Å²) in [4.78, 5) is 23.8. The largest absolute Gasteiger partial charge is 0.483 e. The maximum Gasteiger partial charge on any atom is 0.290 e. The molecule has 2 fully saturated rings. The zero-order valence-electron chi connectivity index (χ0n) is 14.1. The first-order valence-electron chi connectivity index (χ1n) is 8.94. The van der Waals surface area contributed by atoms with Gasteiger partial charge in [-0.15, -0.1) is 0 Å². The quantitative estimate of drug-likeness (QED) is 0.816. The molecule has 2 N–H and O–H groups in total. The molecule has 2 bridgehead atoms. The molecule has 6 heteroatoms. The van der Waals surface area contributed by atoms with E-state index in [9.17, 15) is 4.79 Å². The SMILES string of the molecule is O=C(N[C@@H]1CN2CC[C@H]1C2)c1c2n(c3ccccc13)CCC2.O=CO. The Bertz CT molecular complexity index is 814. The summed E-state index contributed by atoms with van der Waals surface area (Å²) in [6, 6.07) is 8.69. The third-order valence-corrected chi connectivity index (χ3v) is 5.75. The van der Waals surface area contributed by atoms with Crippen LogP contribution in [-0.2, 0) is 17.8 Å². The molecule has 3 atom stereocenters. The number of aromatic nitrogens is 1. The fourth-order valence-corrected chi connectivity index (χ4v) is 4.72. The Labute approximate surface area is 146 Å². The topological polar surface area (TPSA) is 74.6 Å². The van der Waals surface area contributed by atoms with Crippen LogP contribution < -0.4 is 5.32 Å². The third-order valence-electron chi connectivity index (χ3n) is 5.75. The minimum Gasteiger partial charge on any atom is -0.483 e. The van der Waals surface area contributed by atoms with Crippen molar-refractivity contribution in [3.63, 3.8) is 0 Å². The van der Waals surface area contributed by atoms with Crippen molar-refractivity contribution in [2.75, 3.05) is 19.6 Å². The molecule has 2 aromatic rings. The summed E-state index contributed by atoms with van der Waals surface area (Å²) >= 11 is 0. The van der Waals surface area contributed by atoms with Crippen LogP contribution in [0.5, 0.6) is 0 Å². The standard InChI is InChI=1S/C18H21N3O.CH2O2/c22-18(19-14-11-20-9-7-12(14)10-20)17-13-4-1-2-5-15(13)21-8-3-6-16(17)21;2-1-3/h1-2,4-5,12,14H,3,6-11H2,(H,19,22);1H,(H,2,3)/t12-,14+;/m0./s1. The first kappa shape index (κ1) is 16.1.